The molecular formula is C19H21NO3. The fourth-order valence-electron chi connectivity index (χ4n) is 3.12. The third kappa shape index (κ3) is 3.02. The Hall–Kier alpha value is -2.49. The molecule has 0 radical (unpaired) electrons. The molecule has 23 heavy (non-hydrogen) atoms. The highest BCUT2D eigenvalue weighted by Crippen LogP contribution is 2.36. The lowest BCUT2D eigenvalue weighted by Gasteiger charge is -2.36. The van der Waals surface area contributed by atoms with Crippen molar-refractivity contribution in [2.75, 3.05) is 20.3 Å². The molecule has 0 fully saturated rings. The smallest absolute Gasteiger partial charge is 0.410 e. The van der Waals surface area contributed by atoms with Crippen molar-refractivity contribution >= 4 is 6.09 Å². The van der Waals surface area contributed by atoms with Gasteiger partial charge < -0.3 is 9.47 Å². The average Bonchev–Trinajstić information content (AvgIpc) is 2.61. The van der Waals surface area contributed by atoms with Gasteiger partial charge in [-0.3, -0.25) is 4.90 Å². The number of rotatable bonds is 3. The molecule has 1 aliphatic heterocycles. The van der Waals surface area contributed by atoms with E-state index in [1.807, 2.05) is 48.2 Å². The molecule has 2 aromatic rings. The van der Waals surface area contributed by atoms with Gasteiger partial charge in [0.2, 0.25) is 0 Å². The Morgan fingerprint density at radius 3 is 2.61 bits per heavy atom. The van der Waals surface area contributed by atoms with Crippen LogP contribution in [-0.4, -0.2) is 31.3 Å². The predicted molar refractivity (Wildman–Crippen MR) is 88.7 cm³/mol. The fourth-order valence-corrected chi connectivity index (χ4v) is 3.12. The maximum Gasteiger partial charge on any atom is 0.410 e. The van der Waals surface area contributed by atoms with Gasteiger partial charge in [0.25, 0.3) is 0 Å². The second-order valence-electron chi connectivity index (χ2n) is 5.52. The molecular weight excluding hydrogens is 290 g/mol. The van der Waals surface area contributed by atoms with Crippen LogP contribution in [0, 0.1) is 0 Å². The monoisotopic (exact) mass is 311 g/mol. The number of methoxy groups -OCH3 is 1. The molecule has 0 unspecified atom stereocenters. The van der Waals surface area contributed by atoms with Gasteiger partial charge in [0.15, 0.2) is 0 Å². The van der Waals surface area contributed by atoms with Gasteiger partial charge in [0.05, 0.1) is 19.8 Å². The van der Waals surface area contributed by atoms with Crippen LogP contribution in [0.5, 0.6) is 5.75 Å². The normalized spacial score (nSPS) is 16.6. The molecule has 1 heterocycles. The lowest BCUT2D eigenvalue weighted by atomic mass is 9.88. The van der Waals surface area contributed by atoms with E-state index in [-0.39, 0.29) is 12.1 Å². The van der Waals surface area contributed by atoms with Gasteiger partial charge in [-0.15, -0.1) is 0 Å². The Labute approximate surface area is 136 Å². The Bertz CT molecular complexity index is 681. The van der Waals surface area contributed by atoms with E-state index in [0.29, 0.717) is 13.2 Å². The summed E-state index contributed by atoms with van der Waals surface area (Å²) in [5.41, 5.74) is 3.51. The molecule has 3 rings (SSSR count). The standard InChI is InChI=1S/C19H21NO3/c1-3-23-19(21)20-13-12-14-6-4-5-7-17(14)18(20)15-8-10-16(22-2)11-9-15/h4-11,18H,3,12-13H2,1-2H3/t18-/m1/s1. The third-order valence-electron chi connectivity index (χ3n) is 4.22. The van der Waals surface area contributed by atoms with E-state index in [0.717, 1.165) is 23.3 Å². The second kappa shape index (κ2) is 6.73. The molecule has 1 atom stereocenters. The minimum atomic E-state index is -0.261. The number of carbonyl (C=O) groups excluding carboxylic acids is 1. The van der Waals surface area contributed by atoms with Gasteiger partial charge in [-0.25, -0.2) is 4.79 Å². The van der Waals surface area contributed by atoms with Crippen molar-refractivity contribution < 1.29 is 14.3 Å². The number of carbonyl (C=O) groups is 1. The van der Waals surface area contributed by atoms with Crippen molar-refractivity contribution in [1.29, 1.82) is 0 Å². The van der Waals surface area contributed by atoms with Crippen LogP contribution in [0.4, 0.5) is 4.79 Å². The number of hydrogen-bond donors (Lipinski definition) is 0. The fraction of sp³-hybridized carbons (Fsp3) is 0.316. The summed E-state index contributed by atoms with van der Waals surface area (Å²) in [4.78, 5) is 14.2. The van der Waals surface area contributed by atoms with Crippen LogP contribution in [0.2, 0.25) is 0 Å². The largest absolute Gasteiger partial charge is 0.497 e. The van der Waals surface area contributed by atoms with Crippen molar-refractivity contribution in [3.05, 3.63) is 65.2 Å². The van der Waals surface area contributed by atoms with E-state index >= 15 is 0 Å². The van der Waals surface area contributed by atoms with Crippen molar-refractivity contribution in [2.45, 2.75) is 19.4 Å². The van der Waals surface area contributed by atoms with Crippen LogP contribution in [0.1, 0.15) is 29.7 Å². The molecule has 2 aromatic carbocycles. The summed E-state index contributed by atoms with van der Waals surface area (Å²) >= 11 is 0. The van der Waals surface area contributed by atoms with E-state index in [4.69, 9.17) is 9.47 Å². The first-order chi connectivity index (χ1) is 11.2. The quantitative estimate of drug-likeness (QED) is 0.865. The molecule has 1 aliphatic rings. The molecule has 120 valence electrons. The highest BCUT2D eigenvalue weighted by atomic mass is 16.6. The van der Waals surface area contributed by atoms with Crippen molar-refractivity contribution in [1.82, 2.24) is 4.90 Å². The van der Waals surface area contributed by atoms with Gasteiger partial charge in [-0.2, -0.15) is 0 Å². The summed E-state index contributed by atoms with van der Waals surface area (Å²) in [6.07, 6.45) is 0.588. The van der Waals surface area contributed by atoms with Gasteiger partial charge >= 0.3 is 6.09 Å². The Morgan fingerprint density at radius 2 is 1.91 bits per heavy atom. The molecule has 0 N–H and O–H groups in total. The lowest BCUT2D eigenvalue weighted by Crippen LogP contribution is -2.40. The maximum atomic E-state index is 12.4. The summed E-state index contributed by atoms with van der Waals surface area (Å²) in [7, 11) is 1.65. The first-order valence-corrected chi connectivity index (χ1v) is 7.89. The second-order valence-corrected chi connectivity index (χ2v) is 5.52. The van der Waals surface area contributed by atoms with Crippen molar-refractivity contribution in [3.63, 3.8) is 0 Å². The summed E-state index contributed by atoms with van der Waals surface area (Å²) in [5.74, 6) is 0.806. The zero-order chi connectivity index (χ0) is 16.2. The first-order valence-electron chi connectivity index (χ1n) is 7.89. The van der Waals surface area contributed by atoms with Crippen LogP contribution in [-0.2, 0) is 11.2 Å². The number of nitrogens with zero attached hydrogens (tertiary/aromatic N) is 1. The van der Waals surface area contributed by atoms with Crippen LogP contribution in [0.15, 0.2) is 48.5 Å². The molecule has 0 bridgehead atoms. The van der Waals surface area contributed by atoms with E-state index in [2.05, 4.69) is 12.1 Å². The van der Waals surface area contributed by atoms with Crippen LogP contribution >= 0.6 is 0 Å². The van der Waals surface area contributed by atoms with Gasteiger partial charge in [0.1, 0.15) is 5.75 Å². The lowest BCUT2D eigenvalue weighted by molar-refractivity contribution is 0.0937. The summed E-state index contributed by atoms with van der Waals surface area (Å²) in [6, 6.07) is 16.0. The molecule has 0 saturated heterocycles. The zero-order valence-electron chi connectivity index (χ0n) is 13.5. The zero-order valence-corrected chi connectivity index (χ0v) is 13.5. The topological polar surface area (TPSA) is 38.8 Å². The Morgan fingerprint density at radius 1 is 1.17 bits per heavy atom. The Balaban J connectivity index is 2.03. The summed E-state index contributed by atoms with van der Waals surface area (Å²) < 4.78 is 10.5. The molecule has 0 saturated carbocycles. The van der Waals surface area contributed by atoms with Crippen molar-refractivity contribution in [2.24, 2.45) is 0 Å². The number of amides is 1. The molecule has 0 aromatic heterocycles. The Kier molecular flexibility index (Phi) is 4.51. The summed E-state index contributed by atoms with van der Waals surface area (Å²) in [6.45, 7) is 2.87. The van der Waals surface area contributed by atoms with E-state index in [1.165, 1.54) is 5.56 Å². The van der Waals surface area contributed by atoms with Crippen LogP contribution in [0.3, 0.4) is 0 Å². The maximum absolute atomic E-state index is 12.4. The van der Waals surface area contributed by atoms with Gasteiger partial charge in [0, 0.05) is 6.54 Å². The number of hydrogen-bond acceptors (Lipinski definition) is 3. The molecule has 4 heteroatoms. The van der Waals surface area contributed by atoms with E-state index < -0.39 is 0 Å². The van der Waals surface area contributed by atoms with Crippen LogP contribution in [0.25, 0.3) is 0 Å². The van der Waals surface area contributed by atoms with Gasteiger partial charge in [-0.05, 0) is 42.2 Å². The molecule has 1 amide bonds. The number of benzene rings is 2. The molecule has 4 nitrogen and oxygen atoms in total. The summed E-state index contributed by atoms with van der Waals surface area (Å²) in [5, 5.41) is 0. The van der Waals surface area contributed by atoms with Crippen LogP contribution < -0.4 is 4.74 Å². The molecule has 0 spiro atoms. The average molecular weight is 311 g/mol. The van der Waals surface area contributed by atoms with Crippen molar-refractivity contribution in [3.8, 4) is 5.75 Å². The van der Waals surface area contributed by atoms with E-state index in [9.17, 15) is 4.79 Å². The van der Waals surface area contributed by atoms with E-state index in [1.54, 1.807) is 7.11 Å². The predicted octanol–water partition coefficient (Wildman–Crippen LogP) is 3.80. The first kappa shape index (κ1) is 15.4. The highest BCUT2D eigenvalue weighted by molar-refractivity contribution is 5.70. The molecule has 0 aliphatic carbocycles. The minimum absolute atomic E-state index is 0.120. The van der Waals surface area contributed by atoms with Gasteiger partial charge in [-0.1, -0.05) is 36.4 Å². The highest BCUT2D eigenvalue weighted by Gasteiger charge is 2.32. The minimum Gasteiger partial charge on any atom is -0.497 e. The number of fused-ring (bicyclic) bond motifs is 1. The SMILES string of the molecule is CCOC(=O)N1CCc2ccccc2[C@H]1c1ccc(OC)cc1. The third-order valence-corrected chi connectivity index (χ3v) is 4.22. The number of ether oxygens (including phenoxy) is 2.